The van der Waals surface area contributed by atoms with E-state index >= 15 is 0 Å². The van der Waals surface area contributed by atoms with E-state index in [1.807, 2.05) is 0 Å². The molecular weight excluding hydrogens is 322 g/mol. The van der Waals surface area contributed by atoms with E-state index in [1.54, 1.807) is 7.05 Å². The molecule has 128 valence electrons. The number of aryl methyl sites for hydroxylation is 1. The first-order valence-corrected chi connectivity index (χ1v) is 8.69. The second kappa shape index (κ2) is 5.97. The fourth-order valence-electron chi connectivity index (χ4n) is 2.76. The lowest BCUT2D eigenvalue weighted by atomic mass is 9.97. The van der Waals surface area contributed by atoms with Gasteiger partial charge in [-0.05, 0) is 18.9 Å². The van der Waals surface area contributed by atoms with Gasteiger partial charge in [0.25, 0.3) is 5.91 Å². The fourth-order valence-corrected chi connectivity index (χ4v) is 3.74. The molecular formula is C14H21N3O5S. The van der Waals surface area contributed by atoms with Crippen molar-refractivity contribution in [1.29, 1.82) is 0 Å². The van der Waals surface area contributed by atoms with Gasteiger partial charge in [0.2, 0.25) is 10.0 Å². The Kier molecular flexibility index (Phi) is 4.54. The molecule has 1 saturated carbocycles. The van der Waals surface area contributed by atoms with Gasteiger partial charge in [0, 0.05) is 27.3 Å². The van der Waals surface area contributed by atoms with Crippen LogP contribution in [0.25, 0.3) is 0 Å². The topological polar surface area (TPSA) is 109 Å². The predicted octanol–water partition coefficient (Wildman–Crippen LogP) is 0.403. The lowest BCUT2D eigenvalue weighted by molar-refractivity contribution is -0.144. The van der Waals surface area contributed by atoms with Gasteiger partial charge in [-0.2, -0.15) is 0 Å². The molecule has 1 aromatic rings. The smallest absolute Gasteiger partial charge is 0.329 e. The van der Waals surface area contributed by atoms with Crippen LogP contribution in [0.15, 0.2) is 17.2 Å². The van der Waals surface area contributed by atoms with Gasteiger partial charge in [-0.15, -0.1) is 0 Å². The number of carbonyl (C=O) groups excluding carboxylic acids is 1. The second-order valence-electron chi connectivity index (χ2n) is 6.01. The molecule has 1 aliphatic carbocycles. The summed E-state index contributed by atoms with van der Waals surface area (Å²) in [5.41, 5.74) is -1.15. The van der Waals surface area contributed by atoms with E-state index in [0.717, 1.165) is 17.1 Å². The van der Waals surface area contributed by atoms with Crippen LogP contribution >= 0.6 is 0 Å². The van der Waals surface area contributed by atoms with Crippen molar-refractivity contribution in [3.63, 3.8) is 0 Å². The highest BCUT2D eigenvalue weighted by Crippen LogP contribution is 2.30. The normalized spacial score (nSPS) is 17.4. The third-order valence-corrected chi connectivity index (χ3v) is 5.99. The van der Waals surface area contributed by atoms with Gasteiger partial charge in [-0.3, -0.25) is 4.79 Å². The summed E-state index contributed by atoms with van der Waals surface area (Å²) < 4.78 is 26.7. The lowest BCUT2D eigenvalue weighted by Gasteiger charge is -2.25. The van der Waals surface area contributed by atoms with E-state index in [4.69, 9.17) is 0 Å². The van der Waals surface area contributed by atoms with Crippen LogP contribution in [0.1, 0.15) is 36.2 Å². The number of rotatable bonds is 5. The van der Waals surface area contributed by atoms with Gasteiger partial charge in [0.1, 0.15) is 16.1 Å². The summed E-state index contributed by atoms with van der Waals surface area (Å²) in [6.45, 7) is 0. The zero-order valence-electron chi connectivity index (χ0n) is 13.4. The van der Waals surface area contributed by atoms with Gasteiger partial charge in [0.15, 0.2) is 0 Å². The maximum atomic E-state index is 12.4. The van der Waals surface area contributed by atoms with Crippen molar-refractivity contribution in [3.05, 3.63) is 18.0 Å². The maximum Gasteiger partial charge on any atom is 0.329 e. The molecule has 9 heteroatoms. The highest BCUT2D eigenvalue weighted by atomic mass is 32.2. The summed E-state index contributed by atoms with van der Waals surface area (Å²) >= 11 is 0. The number of carboxylic acid groups (broad SMARTS) is 1. The first kappa shape index (κ1) is 17.5. The third-order valence-electron chi connectivity index (χ3n) is 4.21. The zero-order chi connectivity index (χ0) is 17.4. The molecule has 2 N–H and O–H groups in total. The van der Waals surface area contributed by atoms with Crippen molar-refractivity contribution >= 4 is 21.9 Å². The number of hydrogen-bond donors (Lipinski definition) is 2. The molecule has 0 spiro atoms. The van der Waals surface area contributed by atoms with Crippen LogP contribution in [-0.2, 0) is 21.9 Å². The van der Waals surface area contributed by atoms with Crippen molar-refractivity contribution < 1.29 is 23.1 Å². The summed E-state index contributed by atoms with van der Waals surface area (Å²) in [6.07, 6.45) is 3.56. The van der Waals surface area contributed by atoms with E-state index in [-0.39, 0.29) is 10.6 Å². The summed E-state index contributed by atoms with van der Waals surface area (Å²) in [5.74, 6) is -1.64. The molecule has 1 amide bonds. The van der Waals surface area contributed by atoms with Gasteiger partial charge in [0.05, 0.1) is 0 Å². The van der Waals surface area contributed by atoms with Crippen molar-refractivity contribution in [2.45, 2.75) is 36.1 Å². The Labute approximate surface area is 135 Å². The Morgan fingerprint density at radius 3 is 2.35 bits per heavy atom. The van der Waals surface area contributed by atoms with Gasteiger partial charge < -0.3 is 15.0 Å². The molecule has 23 heavy (non-hydrogen) atoms. The summed E-state index contributed by atoms with van der Waals surface area (Å²) in [5, 5.41) is 12.0. The summed E-state index contributed by atoms with van der Waals surface area (Å²) in [4.78, 5) is 23.9. The molecule has 2 rings (SSSR count). The molecule has 0 aliphatic heterocycles. The minimum atomic E-state index is -3.65. The molecule has 0 radical (unpaired) electrons. The van der Waals surface area contributed by atoms with Crippen molar-refractivity contribution in [2.75, 3.05) is 14.1 Å². The SMILES string of the molecule is CN(C)S(=O)(=O)c1cc(C(=O)NC2(C(=O)O)CCCC2)n(C)c1. The predicted molar refractivity (Wildman–Crippen MR) is 82.6 cm³/mol. The molecule has 0 saturated heterocycles. The average Bonchev–Trinajstić information content (AvgIpc) is 3.06. The van der Waals surface area contributed by atoms with Crippen molar-refractivity contribution in [3.8, 4) is 0 Å². The summed E-state index contributed by atoms with van der Waals surface area (Å²) in [7, 11) is 0.698. The number of hydrogen-bond acceptors (Lipinski definition) is 4. The highest BCUT2D eigenvalue weighted by Gasteiger charge is 2.43. The Hall–Kier alpha value is -1.87. The minimum Gasteiger partial charge on any atom is -0.480 e. The van der Waals surface area contributed by atoms with Gasteiger partial charge in [-0.25, -0.2) is 17.5 Å². The van der Waals surface area contributed by atoms with Crippen LogP contribution in [-0.4, -0.2) is 53.9 Å². The van der Waals surface area contributed by atoms with Crippen LogP contribution < -0.4 is 5.32 Å². The largest absolute Gasteiger partial charge is 0.480 e. The van der Waals surface area contributed by atoms with Crippen LogP contribution in [0.4, 0.5) is 0 Å². The molecule has 1 aromatic heterocycles. The van der Waals surface area contributed by atoms with Crippen molar-refractivity contribution in [2.24, 2.45) is 7.05 Å². The van der Waals surface area contributed by atoms with Crippen LogP contribution in [0, 0.1) is 0 Å². The number of carboxylic acids is 1. The Morgan fingerprint density at radius 2 is 1.87 bits per heavy atom. The number of nitrogens with one attached hydrogen (secondary N) is 1. The number of amides is 1. The third kappa shape index (κ3) is 3.11. The van der Waals surface area contributed by atoms with Gasteiger partial charge >= 0.3 is 5.97 Å². The number of aromatic nitrogens is 1. The van der Waals surface area contributed by atoms with E-state index in [0.29, 0.717) is 12.8 Å². The average molecular weight is 343 g/mol. The van der Waals surface area contributed by atoms with Crippen molar-refractivity contribution in [1.82, 2.24) is 14.2 Å². The Balaban J connectivity index is 2.31. The van der Waals surface area contributed by atoms with Crippen LogP contribution in [0.5, 0.6) is 0 Å². The quantitative estimate of drug-likeness (QED) is 0.804. The number of nitrogens with zero attached hydrogens (tertiary/aromatic N) is 2. The monoisotopic (exact) mass is 343 g/mol. The zero-order valence-corrected chi connectivity index (χ0v) is 14.2. The van der Waals surface area contributed by atoms with Crippen LogP contribution in [0.2, 0.25) is 0 Å². The lowest BCUT2D eigenvalue weighted by Crippen LogP contribution is -2.52. The summed E-state index contributed by atoms with van der Waals surface area (Å²) in [6, 6.07) is 1.26. The second-order valence-corrected chi connectivity index (χ2v) is 8.16. The number of carbonyl (C=O) groups is 2. The van der Waals surface area contributed by atoms with E-state index in [9.17, 15) is 23.1 Å². The molecule has 0 bridgehead atoms. The van der Waals surface area contributed by atoms with E-state index < -0.39 is 27.4 Å². The van der Waals surface area contributed by atoms with E-state index in [1.165, 1.54) is 30.9 Å². The molecule has 8 nitrogen and oxygen atoms in total. The fraction of sp³-hybridized carbons (Fsp3) is 0.571. The molecule has 1 heterocycles. The molecule has 0 atom stereocenters. The number of sulfonamides is 1. The first-order valence-electron chi connectivity index (χ1n) is 7.25. The molecule has 0 aromatic carbocycles. The number of aliphatic carboxylic acids is 1. The van der Waals surface area contributed by atoms with Gasteiger partial charge in [-0.1, -0.05) is 12.8 Å². The highest BCUT2D eigenvalue weighted by molar-refractivity contribution is 7.89. The molecule has 0 unspecified atom stereocenters. The Morgan fingerprint density at radius 1 is 1.30 bits per heavy atom. The molecule has 1 aliphatic rings. The minimum absolute atomic E-state index is 0.00838. The van der Waals surface area contributed by atoms with Crippen LogP contribution in [0.3, 0.4) is 0 Å². The maximum absolute atomic E-state index is 12.4. The molecule has 1 fully saturated rings. The van der Waals surface area contributed by atoms with E-state index in [2.05, 4.69) is 5.32 Å². The Bertz CT molecular complexity index is 730. The first-order chi connectivity index (χ1) is 10.6. The standard InChI is InChI=1S/C14H21N3O5S/c1-16(2)23(21,22)10-8-11(17(3)9-10)12(18)15-14(13(19)20)6-4-5-7-14/h8-9H,4-7H2,1-3H3,(H,15,18)(H,19,20).